The SMILES string of the molecule is COc1ccccc1NC(=O)c1cc2cc(C3(O)CCN(Cc4ccoc4)CC3)ccc2o1. The van der Waals surface area contributed by atoms with Crippen molar-refractivity contribution in [3.05, 3.63) is 84.0 Å². The molecule has 170 valence electrons. The van der Waals surface area contributed by atoms with Gasteiger partial charge < -0.3 is 24.0 Å². The zero-order chi connectivity index (χ0) is 22.8. The third-order valence-corrected chi connectivity index (χ3v) is 6.30. The van der Waals surface area contributed by atoms with Gasteiger partial charge in [0.2, 0.25) is 0 Å². The maximum absolute atomic E-state index is 12.7. The molecular formula is C26H26N2O5. The molecule has 0 saturated carbocycles. The molecule has 1 aliphatic rings. The van der Waals surface area contributed by atoms with Gasteiger partial charge in [-0.2, -0.15) is 0 Å². The molecule has 0 unspecified atom stereocenters. The Hall–Kier alpha value is -3.55. The number of hydrogen-bond donors (Lipinski definition) is 2. The van der Waals surface area contributed by atoms with E-state index in [1.54, 1.807) is 37.8 Å². The lowest BCUT2D eigenvalue weighted by atomic mass is 9.84. The molecule has 2 aromatic carbocycles. The summed E-state index contributed by atoms with van der Waals surface area (Å²) in [5.74, 6) is 0.420. The van der Waals surface area contributed by atoms with Gasteiger partial charge in [0.05, 0.1) is 30.9 Å². The summed E-state index contributed by atoms with van der Waals surface area (Å²) >= 11 is 0. The maximum Gasteiger partial charge on any atom is 0.291 e. The Labute approximate surface area is 191 Å². The van der Waals surface area contributed by atoms with Gasteiger partial charge in [-0.25, -0.2) is 0 Å². The molecule has 0 aliphatic carbocycles. The first-order chi connectivity index (χ1) is 16.0. The Balaban J connectivity index is 1.30. The van der Waals surface area contributed by atoms with Crippen molar-refractivity contribution in [3.8, 4) is 5.75 Å². The molecule has 1 saturated heterocycles. The highest BCUT2D eigenvalue weighted by Crippen LogP contribution is 2.35. The summed E-state index contributed by atoms with van der Waals surface area (Å²) in [4.78, 5) is 15.1. The van der Waals surface area contributed by atoms with Gasteiger partial charge in [0.1, 0.15) is 11.3 Å². The smallest absolute Gasteiger partial charge is 0.291 e. The second-order valence-electron chi connectivity index (χ2n) is 8.46. The minimum atomic E-state index is -0.905. The summed E-state index contributed by atoms with van der Waals surface area (Å²) in [6.45, 7) is 2.40. The fraction of sp³-hybridized carbons (Fsp3) is 0.269. The van der Waals surface area contributed by atoms with Gasteiger partial charge in [0.15, 0.2) is 5.76 Å². The number of methoxy groups -OCH3 is 1. The lowest BCUT2D eigenvalue weighted by Crippen LogP contribution is -2.42. The molecule has 5 rings (SSSR count). The average molecular weight is 447 g/mol. The van der Waals surface area contributed by atoms with Crippen LogP contribution in [0.1, 0.15) is 34.5 Å². The molecule has 3 heterocycles. The number of rotatable bonds is 6. The summed E-state index contributed by atoms with van der Waals surface area (Å²) in [7, 11) is 1.56. The van der Waals surface area contributed by atoms with Crippen molar-refractivity contribution in [1.29, 1.82) is 0 Å². The van der Waals surface area contributed by atoms with Gasteiger partial charge in [-0.3, -0.25) is 9.69 Å². The van der Waals surface area contributed by atoms with E-state index in [-0.39, 0.29) is 11.7 Å². The van der Waals surface area contributed by atoms with E-state index in [9.17, 15) is 9.90 Å². The number of benzene rings is 2. The molecule has 7 nitrogen and oxygen atoms in total. The van der Waals surface area contributed by atoms with Gasteiger partial charge in [0, 0.05) is 30.6 Å². The first-order valence-electron chi connectivity index (χ1n) is 11.0. The molecule has 0 radical (unpaired) electrons. The van der Waals surface area contributed by atoms with Gasteiger partial charge in [-0.1, -0.05) is 18.2 Å². The number of ether oxygens (including phenoxy) is 1. The minimum Gasteiger partial charge on any atom is -0.495 e. The van der Waals surface area contributed by atoms with Crippen molar-refractivity contribution in [2.45, 2.75) is 25.0 Å². The summed E-state index contributed by atoms with van der Waals surface area (Å²) < 4.78 is 16.2. The number of hydrogen-bond acceptors (Lipinski definition) is 6. The van der Waals surface area contributed by atoms with E-state index >= 15 is 0 Å². The molecule has 2 N–H and O–H groups in total. The summed E-state index contributed by atoms with van der Waals surface area (Å²) in [5.41, 5.74) is 2.25. The first kappa shape index (κ1) is 21.3. The van der Waals surface area contributed by atoms with Crippen molar-refractivity contribution >= 4 is 22.6 Å². The van der Waals surface area contributed by atoms with E-state index in [4.69, 9.17) is 13.6 Å². The van der Waals surface area contributed by atoms with Crippen LogP contribution < -0.4 is 10.1 Å². The topological polar surface area (TPSA) is 88.1 Å². The highest BCUT2D eigenvalue weighted by molar-refractivity contribution is 6.05. The zero-order valence-electron chi connectivity index (χ0n) is 18.4. The standard InChI is InChI=1S/C26H26N2O5/c1-31-23-5-3-2-4-21(23)27-25(29)24-15-19-14-20(6-7-22(19)33-24)26(30)9-11-28(12-10-26)16-18-8-13-32-17-18/h2-8,13-15,17,30H,9-12,16H2,1H3,(H,27,29). The molecule has 4 aromatic rings. The molecule has 1 amide bonds. The molecule has 7 heteroatoms. The third-order valence-electron chi connectivity index (χ3n) is 6.30. The Morgan fingerprint density at radius 2 is 1.97 bits per heavy atom. The minimum absolute atomic E-state index is 0.204. The molecule has 33 heavy (non-hydrogen) atoms. The van der Waals surface area contributed by atoms with Crippen LogP contribution in [0.3, 0.4) is 0 Å². The predicted molar refractivity (Wildman–Crippen MR) is 124 cm³/mol. The van der Waals surface area contributed by atoms with Crippen LogP contribution in [0.5, 0.6) is 5.75 Å². The largest absolute Gasteiger partial charge is 0.495 e. The molecular weight excluding hydrogens is 420 g/mol. The quantitative estimate of drug-likeness (QED) is 0.444. The van der Waals surface area contributed by atoms with Crippen molar-refractivity contribution in [3.63, 3.8) is 0 Å². The van der Waals surface area contributed by atoms with Crippen LogP contribution in [0.25, 0.3) is 11.0 Å². The van der Waals surface area contributed by atoms with Crippen LogP contribution in [0.15, 0.2) is 76.0 Å². The van der Waals surface area contributed by atoms with E-state index < -0.39 is 5.60 Å². The predicted octanol–water partition coefficient (Wildman–Crippen LogP) is 4.77. The Morgan fingerprint density at radius 1 is 1.15 bits per heavy atom. The molecule has 0 bridgehead atoms. The Bertz CT molecular complexity index is 1250. The van der Waals surface area contributed by atoms with Crippen LogP contribution in [-0.4, -0.2) is 36.1 Å². The van der Waals surface area contributed by atoms with Crippen LogP contribution in [0.2, 0.25) is 0 Å². The van der Waals surface area contributed by atoms with E-state index in [2.05, 4.69) is 10.2 Å². The van der Waals surface area contributed by atoms with Gasteiger partial charge in [0.25, 0.3) is 5.91 Å². The second kappa shape index (κ2) is 8.77. The fourth-order valence-corrected chi connectivity index (χ4v) is 4.39. The summed E-state index contributed by atoms with van der Waals surface area (Å²) in [6, 6.07) is 16.5. The first-order valence-corrected chi connectivity index (χ1v) is 11.0. The van der Waals surface area contributed by atoms with Crippen LogP contribution in [-0.2, 0) is 12.1 Å². The van der Waals surface area contributed by atoms with Crippen molar-refractivity contribution in [2.24, 2.45) is 0 Å². The lowest BCUT2D eigenvalue weighted by molar-refractivity contribution is -0.0276. The Morgan fingerprint density at radius 3 is 2.73 bits per heavy atom. The number of para-hydroxylation sites is 2. The summed E-state index contributed by atoms with van der Waals surface area (Å²) in [6.07, 6.45) is 4.71. The zero-order valence-corrected chi connectivity index (χ0v) is 18.4. The number of fused-ring (bicyclic) bond motifs is 1. The average Bonchev–Trinajstić information content (AvgIpc) is 3.50. The molecule has 1 fully saturated rings. The van der Waals surface area contributed by atoms with Gasteiger partial charge >= 0.3 is 0 Å². The van der Waals surface area contributed by atoms with E-state index in [1.165, 1.54) is 0 Å². The highest BCUT2D eigenvalue weighted by Gasteiger charge is 2.34. The second-order valence-corrected chi connectivity index (χ2v) is 8.46. The number of carbonyl (C=O) groups is 1. The maximum atomic E-state index is 12.7. The number of furan rings is 2. The summed E-state index contributed by atoms with van der Waals surface area (Å²) in [5, 5.41) is 15.0. The number of nitrogens with one attached hydrogen (secondary N) is 1. The van der Waals surface area contributed by atoms with E-state index in [0.29, 0.717) is 29.9 Å². The monoisotopic (exact) mass is 446 g/mol. The lowest BCUT2D eigenvalue weighted by Gasteiger charge is -2.38. The number of piperidine rings is 1. The molecule has 2 aromatic heterocycles. The third kappa shape index (κ3) is 4.37. The van der Waals surface area contributed by atoms with Crippen molar-refractivity contribution in [2.75, 3.05) is 25.5 Å². The van der Waals surface area contributed by atoms with Crippen LogP contribution in [0.4, 0.5) is 5.69 Å². The molecule has 0 atom stereocenters. The van der Waals surface area contributed by atoms with Crippen molar-refractivity contribution < 1.29 is 23.5 Å². The van der Waals surface area contributed by atoms with E-state index in [1.807, 2.05) is 36.4 Å². The van der Waals surface area contributed by atoms with Crippen molar-refractivity contribution in [1.82, 2.24) is 4.90 Å². The normalized spacial score (nSPS) is 16.1. The van der Waals surface area contributed by atoms with Crippen LogP contribution in [0, 0.1) is 0 Å². The van der Waals surface area contributed by atoms with Crippen LogP contribution >= 0.6 is 0 Å². The highest BCUT2D eigenvalue weighted by atomic mass is 16.5. The molecule has 0 spiro atoms. The number of anilines is 1. The van der Waals surface area contributed by atoms with Gasteiger partial charge in [-0.05, 0) is 54.8 Å². The number of amides is 1. The fourth-order valence-electron chi connectivity index (χ4n) is 4.39. The molecule has 1 aliphatic heterocycles. The van der Waals surface area contributed by atoms with Gasteiger partial charge in [-0.15, -0.1) is 0 Å². The number of aliphatic hydroxyl groups is 1. The van der Waals surface area contributed by atoms with E-state index in [0.717, 1.165) is 36.1 Å². The number of nitrogens with zero attached hydrogens (tertiary/aromatic N) is 1. The number of carbonyl (C=O) groups excluding carboxylic acids is 1. The number of likely N-dealkylation sites (tertiary alicyclic amines) is 1. The Kier molecular flexibility index (Phi) is 5.66.